The van der Waals surface area contributed by atoms with Crippen molar-refractivity contribution in [3.8, 4) is 0 Å². The van der Waals surface area contributed by atoms with Gasteiger partial charge in [-0.2, -0.15) is 0 Å². The summed E-state index contributed by atoms with van der Waals surface area (Å²) in [6, 6.07) is 3.93. The Kier molecular flexibility index (Phi) is 5.01. The minimum atomic E-state index is 0.155. The highest BCUT2D eigenvalue weighted by Crippen LogP contribution is 2.24. The summed E-state index contributed by atoms with van der Waals surface area (Å²) in [6.07, 6.45) is 0. The second-order valence-electron chi connectivity index (χ2n) is 5.72. The molecule has 0 bridgehead atoms. The summed E-state index contributed by atoms with van der Waals surface area (Å²) in [6.45, 7) is 12.1. The van der Waals surface area contributed by atoms with Crippen molar-refractivity contribution in [1.29, 1.82) is 0 Å². The standard InChI is InChI=1S/C18H22N2OS/c1-10-7-16(14(5)13(4)12(10)3)17(21)9-22-18-8-11(2)19-15(6)20-18/h7-8H,9H2,1-6H3. The fourth-order valence-corrected chi connectivity index (χ4v) is 3.36. The maximum absolute atomic E-state index is 12.6. The SMILES string of the molecule is Cc1cc(SCC(=O)c2cc(C)c(C)c(C)c2C)nc(C)n1. The average molecular weight is 314 g/mol. The van der Waals surface area contributed by atoms with Crippen LogP contribution in [0.1, 0.15) is 44.1 Å². The van der Waals surface area contributed by atoms with Gasteiger partial charge in [-0.1, -0.05) is 11.8 Å². The Bertz CT molecular complexity index is 718. The van der Waals surface area contributed by atoms with Crippen LogP contribution < -0.4 is 0 Å². The summed E-state index contributed by atoms with van der Waals surface area (Å²) in [4.78, 5) is 21.2. The van der Waals surface area contributed by atoms with E-state index in [4.69, 9.17) is 0 Å². The molecule has 4 heteroatoms. The van der Waals surface area contributed by atoms with Crippen LogP contribution in [-0.4, -0.2) is 21.5 Å². The minimum absolute atomic E-state index is 0.155. The third-order valence-corrected chi connectivity index (χ3v) is 4.99. The van der Waals surface area contributed by atoms with Gasteiger partial charge in [-0.05, 0) is 75.9 Å². The Morgan fingerprint density at radius 3 is 2.27 bits per heavy atom. The first-order chi connectivity index (χ1) is 10.3. The maximum Gasteiger partial charge on any atom is 0.173 e. The van der Waals surface area contributed by atoms with Crippen molar-refractivity contribution in [2.45, 2.75) is 46.6 Å². The molecular weight excluding hydrogens is 292 g/mol. The van der Waals surface area contributed by atoms with Crippen LogP contribution in [0.3, 0.4) is 0 Å². The summed E-state index contributed by atoms with van der Waals surface area (Å²) < 4.78 is 0. The number of rotatable bonds is 4. The average Bonchev–Trinajstić information content (AvgIpc) is 2.45. The molecule has 0 amide bonds. The van der Waals surface area contributed by atoms with Gasteiger partial charge in [0.15, 0.2) is 5.78 Å². The zero-order valence-corrected chi connectivity index (χ0v) is 14.9. The van der Waals surface area contributed by atoms with Crippen LogP contribution in [0.4, 0.5) is 0 Å². The van der Waals surface area contributed by atoms with E-state index in [9.17, 15) is 4.79 Å². The number of thioether (sulfide) groups is 1. The zero-order chi connectivity index (χ0) is 16.4. The molecule has 0 N–H and O–H groups in total. The van der Waals surface area contributed by atoms with Crippen molar-refractivity contribution < 1.29 is 4.79 Å². The number of hydrogen-bond acceptors (Lipinski definition) is 4. The molecule has 0 radical (unpaired) electrons. The molecule has 0 unspecified atom stereocenters. The second-order valence-corrected chi connectivity index (χ2v) is 6.72. The first-order valence-electron chi connectivity index (χ1n) is 7.35. The minimum Gasteiger partial charge on any atom is -0.293 e. The molecule has 3 nitrogen and oxygen atoms in total. The Morgan fingerprint density at radius 2 is 1.64 bits per heavy atom. The number of aryl methyl sites for hydroxylation is 3. The Balaban J connectivity index is 2.20. The predicted molar refractivity (Wildman–Crippen MR) is 92.0 cm³/mol. The smallest absolute Gasteiger partial charge is 0.173 e. The monoisotopic (exact) mass is 314 g/mol. The van der Waals surface area contributed by atoms with E-state index in [1.54, 1.807) is 0 Å². The number of ketones is 1. The fraction of sp³-hybridized carbons (Fsp3) is 0.389. The van der Waals surface area contributed by atoms with E-state index in [1.807, 2.05) is 32.9 Å². The first-order valence-corrected chi connectivity index (χ1v) is 8.34. The second kappa shape index (κ2) is 6.61. The van der Waals surface area contributed by atoms with Gasteiger partial charge in [0.2, 0.25) is 0 Å². The van der Waals surface area contributed by atoms with Gasteiger partial charge in [0.25, 0.3) is 0 Å². The molecule has 0 atom stereocenters. The molecule has 0 aliphatic rings. The highest BCUT2D eigenvalue weighted by atomic mass is 32.2. The first kappa shape index (κ1) is 16.7. The molecule has 2 rings (SSSR count). The van der Waals surface area contributed by atoms with Crippen LogP contribution in [-0.2, 0) is 0 Å². The third-order valence-electron chi connectivity index (χ3n) is 4.08. The maximum atomic E-state index is 12.6. The van der Waals surface area contributed by atoms with Crippen LogP contribution in [0, 0.1) is 41.5 Å². The normalized spacial score (nSPS) is 10.8. The van der Waals surface area contributed by atoms with Crippen molar-refractivity contribution in [1.82, 2.24) is 9.97 Å². The summed E-state index contributed by atoms with van der Waals surface area (Å²) >= 11 is 1.48. The van der Waals surface area contributed by atoms with Gasteiger partial charge in [0.05, 0.1) is 5.75 Å². The number of aromatic nitrogens is 2. The van der Waals surface area contributed by atoms with E-state index in [1.165, 1.54) is 28.5 Å². The number of carbonyl (C=O) groups excluding carboxylic acids is 1. The van der Waals surface area contributed by atoms with E-state index >= 15 is 0 Å². The lowest BCUT2D eigenvalue weighted by Gasteiger charge is -2.13. The summed E-state index contributed by atoms with van der Waals surface area (Å²) in [5, 5.41) is 0.858. The molecule has 0 saturated heterocycles. The molecule has 0 fully saturated rings. The van der Waals surface area contributed by atoms with Gasteiger partial charge < -0.3 is 0 Å². The van der Waals surface area contributed by atoms with Crippen molar-refractivity contribution in [3.63, 3.8) is 0 Å². The van der Waals surface area contributed by atoms with E-state index < -0.39 is 0 Å². The topological polar surface area (TPSA) is 42.9 Å². The Labute approximate surface area is 136 Å². The molecule has 1 aromatic heterocycles. The van der Waals surface area contributed by atoms with E-state index in [0.717, 1.165) is 27.7 Å². The summed E-state index contributed by atoms with van der Waals surface area (Å²) in [5.74, 6) is 1.30. The third kappa shape index (κ3) is 3.55. The molecule has 1 aromatic carbocycles. The molecule has 0 spiro atoms. The zero-order valence-electron chi connectivity index (χ0n) is 14.1. The largest absolute Gasteiger partial charge is 0.293 e. The number of Topliss-reactive ketones (excluding diaryl/α,β-unsaturated/α-hetero) is 1. The molecule has 0 saturated carbocycles. The Morgan fingerprint density at radius 1 is 0.955 bits per heavy atom. The van der Waals surface area contributed by atoms with Gasteiger partial charge in [0.1, 0.15) is 10.9 Å². The molecular formula is C18H22N2OS. The lowest BCUT2D eigenvalue weighted by molar-refractivity contribution is 0.102. The Hall–Kier alpha value is -1.68. The van der Waals surface area contributed by atoms with Crippen LogP contribution in [0.25, 0.3) is 0 Å². The number of benzene rings is 1. The van der Waals surface area contributed by atoms with Gasteiger partial charge in [-0.3, -0.25) is 4.79 Å². The van der Waals surface area contributed by atoms with Crippen molar-refractivity contribution in [3.05, 3.63) is 51.5 Å². The molecule has 116 valence electrons. The molecule has 22 heavy (non-hydrogen) atoms. The highest BCUT2D eigenvalue weighted by molar-refractivity contribution is 7.99. The van der Waals surface area contributed by atoms with Gasteiger partial charge in [-0.25, -0.2) is 9.97 Å². The van der Waals surface area contributed by atoms with Crippen LogP contribution >= 0.6 is 11.8 Å². The number of hydrogen-bond donors (Lipinski definition) is 0. The quantitative estimate of drug-likeness (QED) is 0.479. The molecule has 0 aliphatic heterocycles. The van der Waals surface area contributed by atoms with Crippen LogP contribution in [0.15, 0.2) is 17.2 Å². The van der Waals surface area contributed by atoms with E-state index in [-0.39, 0.29) is 5.78 Å². The van der Waals surface area contributed by atoms with Gasteiger partial charge in [0, 0.05) is 11.3 Å². The van der Waals surface area contributed by atoms with E-state index in [0.29, 0.717) is 5.75 Å². The van der Waals surface area contributed by atoms with E-state index in [2.05, 4.69) is 30.7 Å². The molecule has 2 aromatic rings. The van der Waals surface area contributed by atoms with Crippen LogP contribution in [0.2, 0.25) is 0 Å². The van der Waals surface area contributed by atoms with Crippen molar-refractivity contribution in [2.24, 2.45) is 0 Å². The fourth-order valence-electron chi connectivity index (χ4n) is 2.48. The highest BCUT2D eigenvalue weighted by Gasteiger charge is 2.14. The summed E-state index contributed by atoms with van der Waals surface area (Å²) in [7, 11) is 0. The van der Waals surface area contributed by atoms with Gasteiger partial charge >= 0.3 is 0 Å². The number of carbonyl (C=O) groups is 1. The summed E-state index contributed by atoms with van der Waals surface area (Å²) in [5.41, 5.74) is 6.50. The number of nitrogens with zero attached hydrogens (tertiary/aromatic N) is 2. The molecule has 0 aliphatic carbocycles. The predicted octanol–water partition coefficient (Wildman–Crippen LogP) is 4.30. The lowest BCUT2D eigenvalue weighted by atomic mass is 9.93. The van der Waals surface area contributed by atoms with Crippen molar-refractivity contribution >= 4 is 17.5 Å². The van der Waals surface area contributed by atoms with Crippen LogP contribution in [0.5, 0.6) is 0 Å². The molecule has 1 heterocycles. The van der Waals surface area contributed by atoms with Crippen molar-refractivity contribution in [2.75, 3.05) is 5.75 Å². The van der Waals surface area contributed by atoms with Gasteiger partial charge in [-0.15, -0.1) is 0 Å². The lowest BCUT2D eigenvalue weighted by Crippen LogP contribution is -2.08.